The van der Waals surface area contributed by atoms with E-state index in [1.54, 1.807) is 11.8 Å². The zero-order chi connectivity index (χ0) is 19.5. The van der Waals surface area contributed by atoms with Crippen LogP contribution in [0.25, 0.3) is 0 Å². The Labute approximate surface area is 164 Å². The lowest BCUT2D eigenvalue weighted by Gasteiger charge is -2.21. The van der Waals surface area contributed by atoms with Crippen LogP contribution in [0.4, 0.5) is 0 Å². The summed E-state index contributed by atoms with van der Waals surface area (Å²) in [6.45, 7) is 3.49. The second-order valence-electron chi connectivity index (χ2n) is 6.00. The predicted octanol–water partition coefficient (Wildman–Crippen LogP) is 2.84. The van der Waals surface area contributed by atoms with E-state index < -0.39 is 17.9 Å². The van der Waals surface area contributed by atoms with Crippen molar-refractivity contribution >= 4 is 40.5 Å². The van der Waals surface area contributed by atoms with E-state index in [1.807, 2.05) is 37.4 Å². The molecule has 1 aromatic carbocycles. The Kier molecular flexibility index (Phi) is 10.4. The van der Waals surface area contributed by atoms with Crippen LogP contribution >= 0.6 is 23.5 Å². The summed E-state index contributed by atoms with van der Waals surface area (Å²) in [4.78, 5) is 36.1. The molecule has 1 unspecified atom stereocenters. The van der Waals surface area contributed by atoms with Crippen LogP contribution in [0.15, 0.2) is 24.3 Å². The van der Waals surface area contributed by atoms with Gasteiger partial charge in [0.05, 0.1) is 13.0 Å². The fourth-order valence-corrected chi connectivity index (χ4v) is 3.64. The van der Waals surface area contributed by atoms with Crippen LogP contribution in [-0.2, 0) is 25.5 Å². The highest BCUT2D eigenvalue weighted by atomic mass is 32.2. The summed E-state index contributed by atoms with van der Waals surface area (Å²) in [5.41, 5.74) is 2.17. The Morgan fingerprint density at radius 3 is 2.50 bits per heavy atom. The molecule has 0 aliphatic heterocycles. The van der Waals surface area contributed by atoms with Gasteiger partial charge in [-0.05, 0) is 42.9 Å². The Morgan fingerprint density at radius 1 is 1.23 bits per heavy atom. The summed E-state index contributed by atoms with van der Waals surface area (Å²) in [6, 6.07) is 7.21. The summed E-state index contributed by atoms with van der Waals surface area (Å²) < 4.78 is 4.80. The van der Waals surface area contributed by atoms with Gasteiger partial charge in [-0.1, -0.05) is 36.0 Å². The highest BCUT2D eigenvalue weighted by molar-refractivity contribution is 8.13. The van der Waals surface area contributed by atoms with E-state index in [2.05, 4.69) is 5.32 Å². The first kappa shape index (κ1) is 22.6. The molecule has 7 heteroatoms. The van der Waals surface area contributed by atoms with Crippen molar-refractivity contribution in [1.82, 2.24) is 5.32 Å². The summed E-state index contributed by atoms with van der Waals surface area (Å²) in [5.74, 6) is 0.0580. The number of methoxy groups -OCH3 is 1. The molecule has 1 amide bonds. The molecule has 0 radical (unpaired) electrons. The second-order valence-corrected chi connectivity index (χ2v) is 8.18. The normalized spacial score (nSPS) is 12.9. The third kappa shape index (κ3) is 7.83. The van der Waals surface area contributed by atoms with Gasteiger partial charge in [-0.15, -0.1) is 0 Å². The number of carbonyl (C=O) groups is 3. The number of benzene rings is 1. The van der Waals surface area contributed by atoms with E-state index in [4.69, 9.17) is 4.74 Å². The Morgan fingerprint density at radius 2 is 1.92 bits per heavy atom. The van der Waals surface area contributed by atoms with Crippen LogP contribution in [0, 0.1) is 12.8 Å². The van der Waals surface area contributed by atoms with Crippen LogP contribution in [0.2, 0.25) is 0 Å². The first-order chi connectivity index (χ1) is 12.4. The first-order valence-corrected chi connectivity index (χ1v) is 10.8. The SMILES string of the molecule is COC(=O)[C@H](CCSC)NC(=O)C(CSC(C)=O)Cc1ccccc1C. The van der Waals surface area contributed by atoms with Gasteiger partial charge in [0, 0.05) is 12.7 Å². The zero-order valence-corrected chi connectivity index (χ0v) is 17.4. The number of hydrogen-bond donors (Lipinski definition) is 1. The Balaban J connectivity index is 2.89. The van der Waals surface area contributed by atoms with Crippen molar-refractivity contribution in [2.24, 2.45) is 5.92 Å². The van der Waals surface area contributed by atoms with Crippen LogP contribution in [0.5, 0.6) is 0 Å². The number of carbonyl (C=O) groups excluding carboxylic acids is 3. The van der Waals surface area contributed by atoms with Crippen molar-refractivity contribution in [3.63, 3.8) is 0 Å². The molecule has 1 aromatic rings. The number of esters is 1. The van der Waals surface area contributed by atoms with Crippen molar-refractivity contribution in [3.8, 4) is 0 Å². The van der Waals surface area contributed by atoms with Crippen LogP contribution in [0.1, 0.15) is 24.5 Å². The second kappa shape index (κ2) is 12.0. The summed E-state index contributed by atoms with van der Waals surface area (Å²) in [5, 5.41) is 2.79. The molecule has 0 aromatic heterocycles. The molecule has 0 fully saturated rings. The van der Waals surface area contributed by atoms with Gasteiger partial charge < -0.3 is 10.1 Å². The Bertz CT molecular complexity index is 621. The molecule has 1 rings (SSSR count). The molecular formula is C19H27NO4S2. The lowest BCUT2D eigenvalue weighted by Crippen LogP contribution is -2.45. The summed E-state index contributed by atoms with van der Waals surface area (Å²) in [7, 11) is 1.32. The maximum absolute atomic E-state index is 12.8. The monoisotopic (exact) mass is 397 g/mol. The molecule has 0 aliphatic rings. The molecule has 144 valence electrons. The molecule has 0 aliphatic carbocycles. The number of rotatable bonds is 10. The maximum Gasteiger partial charge on any atom is 0.328 e. The van der Waals surface area contributed by atoms with Gasteiger partial charge in [0.15, 0.2) is 5.12 Å². The quantitative estimate of drug-likeness (QED) is 0.612. The van der Waals surface area contributed by atoms with Gasteiger partial charge in [-0.2, -0.15) is 11.8 Å². The van der Waals surface area contributed by atoms with Crippen molar-refractivity contribution in [2.45, 2.75) is 32.7 Å². The van der Waals surface area contributed by atoms with Crippen LogP contribution < -0.4 is 5.32 Å². The van der Waals surface area contributed by atoms with Gasteiger partial charge in [-0.25, -0.2) is 4.79 Å². The molecule has 1 N–H and O–H groups in total. The number of amides is 1. The van der Waals surface area contributed by atoms with E-state index in [1.165, 1.54) is 14.0 Å². The highest BCUT2D eigenvalue weighted by Gasteiger charge is 2.26. The fourth-order valence-electron chi connectivity index (χ4n) is 2.47. The van der Waals surface area contributed by atoms with Gasteiger partial charge in [0.25, 0.3) is 0 Å². The molecule has 2 atom stereocenters. The van der Waals surface area contributed by atoms with Crippen LogP contribution in [0.3, 0.4) is 0 Å². The summed E-state index contributed by atoms with van der Waals surface area (Å²) >= 11 is 2.74. The summed E-state index contributed by atoms with van der Waals surface area (Å²) in [6.07, 6.45) is 2.98. The largest absolute Gasteiger partial charge is 0.467 e. The smallest absolute Gasteiger partial charge is 0.328 e. The highest BCUT2D eigenvalue weighted by Crippen LogP contribution is 2.19. The van der Waals surface area contributed by atoms with E-state index in [-0.39, 0.29) is 11.0 Å². The zero-order valence-electron chi connectivity index (χ0n) is 15.7. The fraction of sp³-hybridized carbons (Fsp3) is 0.526. The molecule has 0 spiro atoms. The lowest BCUT2D eigenvalue weighted by atomic mass is 9.96. The number of thioether (sulfide) groups is 2. The average molecular weight is 398 g/mol. The van der Waals surface area contributed by atoms with Gasteiger partial charge in [0.2, 0.25) is 5.91 Å². The lowest BCUT2D eigenvalue weighted by molar-refractivity contribution is -0.145. The molecule has 0 saturated carbocycles. The van der Waals surface area contributed by atoms with Crippen molar-refractivity contribution in [2.75, 3.05) is 24.9 Å². The van der Waals surface area contributed by atoms with Gasteiger partial charge >= 0.3 is 5.97 Å². The topological polar surface area (TPSA) is 72.5 Å². The molecule has 0 saturated heterocycles. The van der Waals surface area contributed by atoms with E-state index >= 15 is 0 Å². The number of aryl methyl sites for hydroxylation is 1. The third-order valence-corrected chi connectivity index (χ3v) is 5.62. The Hall–Kier alpha value is -1.47. The number of hydrogen-bond acceptors (Lipinski definition) is 6. The minimum atomic E-state index is -0.665. The van der Waals surface area contributed by atoms with Crippen molar-refractivity contribution in [3.05, 3.63) is 35.4 Å². The molecule has 5 nitrogen and oxygen atoms in total. The first-order valence-electron chi connectivity index (χ1n) is 8.44. The van der Waals surface area contributed by atoms with Crippen LogP contribution in [-0.4, -0.2) is 47.9 Å². The molecule has 0 bridgehead atoms. The third-order valence-electron chi connectivity index (χ3n) is 4.00. The number of nitrogens with one attached hydrogen (secondary N) is 1. The number of ether oxygens (including phenoxy) is 1. The molecular weight excluding hydrogens is 370 g/mol. The van der Waals surface area contributed by atoms with E-state index in [0.717, 1.165) is 28.6 Å². The van der Waals surface area contributed by atoms with Crippen molar-refractivity contribution in [1.29, 1.82) is 0 Å². The van der Waals surface area contributed by atoms with Crippen molar-refractivity contribution < 1.29 is 19.1 Å². The van der Waals surface area contributed by atoms with E-state index in [0.29, 0.717) is 18.6 Å². The van der Waals surface area contributed by atoms with E-state index in [9.17, 15) is 14.4 Å². The standard InChI is InChI=1S/C19H27NO4S2/c1-13-7-5-6-8-15(13)11-16(12-26-14(2)21)18(22)20-17(9-10-25-4)19(23)24-3/h5-8,16-17H,9-12H2,1-4H3,(H,20,22)/t16?,17-/m0/s1. The average Bonchev–Trinajstić information content (AvgIpc) is 2.62. The minimum Gasteiger partial charge on any atom is -0.467 e. The maximum atomic E-state index is 12.8. The van der Waals surface area contributed by atoms with Gasteiger partial charge in [-0.3, -0.25) is 9.59 Å². The van der Waals surface area contributed by atoms with Gasteiger partial charge in [0.1, 0.15) is 6.04 Å². The minimum absolute atomic E-state index is 0.0283. The molecule has 0 heterocycles. The molecule has 26 heavy (non-hydrogen) atoms. The predicted molar refractivity (Wildman–Crippen MR) is 108 cm³/mol.